The number of ether oxygens (including phenoxy) is 1. The van der Waals surface area contributed by atoms with Gasteiger partial charge in [0, 0.05) is 19.5 Å². The van der Waals surface area contributed by atoms with Crippen molar-refractivity contribution in [3.05, 3.63) is 59.4 Å². The second-order valence-corrected chi connectivity index (χ2v) is 9.25. The summed E-state index contributed by atoms with van der Waals surface area (Å²) in [7, 11) is -2.31. The highest BCUT2D eigenvalue weighted by molar-refractivity contribution is 7.87. The van der Waals surface area contributed by atoms with E-state index in [4.69, 9.17) is 8.92 Å². The van der Waals surface area contributed by atoms with Crippen LogP contribution in [0.5, 0.6) is 11.5 Å². The molecule has 0 radical (unpaired) electrons. The van der Waals surface area contributed by atoms with Gasteiger partial charge in [-0.25, -0.2) is 4.39 Å². The molecule has 1 amide bonds. The van der Waals surface area contributed by atoms with Gasteiger partial charge in [0.1, 0.15) is 5.82 Å². The van der Waals surface area contributed by atoms with E-state index in [1.54, 1.807) is 35.2 Å². The lowest BCUT2D eigenvalue weighted by Crippen LogP contribution is -2.31. The average Bonchev–Trinajstić information content (AvgIpc) is 2.68. The van der Waals surface area contributed by atoms with Gasteiger partial charge in [-0.2, -0.15) is 8.42 Å². The Labute approximate surface area is 177 Å². The van der Waals surface area contributed by atoms with Crippen LogP contribution in [0.3, 0.4) is 0 Å². The van der Waals surface area contributed by atoms with Gasteiger partial charge >= 0.3 is 10.1 Å². The zero-order valence-electron chi connectivity index (χ0n) is 17.7. The molecule has 2 aromatic carbocycles. The summed E-state index contributed by atoms with van der Waals surface area (Å²) in [6.07, 6.45) is 0.366. The maximum atomic E-state index is 13.2. The van der Waals surface area contributed by atoms with E-state index < -0.39 is 10.1 Å². The van der Waals surface area contributed by atoms with Crippen molar-refractivity contribution in [2.75, 3.05) is 12.9 Å². The molecule has 8 heteroatoms. The molecule has 0 aliphatic carbocycles. The first-order valence-corrected chi connectivity index (χ1v) is 11.3. The van der Waals surface area contributed by atoms with Gasteiger partial charge in [-0.15, -0.1) is 0 Å². The first-order valence-electron chi connectivity index (χ1n) is 9.74. The molecular weight excluding hydrogens is 409 g/mol. The number of amides is 1. The Balaban J connectivity index is 2.31. The lowest BCUT2D eigenvalue weighted by atomic mass is 10.1. The van der Waals surface area contributed by atoms with Crippen LogP contribution < -0.4 is 8.92 Å². The molecule has 6 nitrogen and oxygen atoms in total. The SMILES string of the molecule is CCS(=O)(=O)Oc1cc(CN(Cc2ccc(F)cc2)C(=O)CC(C)C)ccc1OC. The van der Waals surface area contributed by atoms with Crippen molar-refractivity contribution in [2.24, 2.45) is 5.92 Å². The normalized spacial score (nSPS) is 11.4. The highest BCUT2D eigenvalue weighted by Crippen LogP contribution is 2.30. The molecule has 0 bridgehead atoms. The largest absolute Gasteiger partial charge is 0.493 e. The molecule has 0 atom stereocenters. The van der Waals surface area contributed by atoms with Crippen molar-refractivity contribution in [3.8, 4) is 11.5 Å². The molecule has 0 fully saturated rings. The van der Waals surface area contributed by atoms with Crippen molar-refractivity contribution in [1.82, 2.24) is 4.90 Å². The van der Waals surface area contributed by atoms with Crippen molar-refractivity contribution >= 4 is 16.0 Å². The number of nitrogens with zero attached hydrogens (tertiary/aromatic N) is 1. The number of carbonyl (C=O) groups excluding carboxylic acids is 1. The van der Waals surface area contributed by atoms with Gasteiger partial charge < -0.3 is 13.8 Å². The van der Waals surface area contributed by atoms with E-state index in [1.165, 1.54) is 26.2 Å². The molecule has 164 valence electrons. The van der Waals surface area contributed by atoms with E-state index in [2.05, 4.69) is 0 Å². The van der Waals surface area contributed by atoms with Gasteiger partial charge in [-0.05, 0) is 48.2 Å². The topological polar surface area (TPSA) is 72.9 Å². The van der Waals surface area contributed by atoms with Crippen LogP contribution in [0.25, 0.3) is 0 Å². The summed E-state index contributed by atoms with van der Waals surface area (Å²) in [5.74, 6) is -0.0205. The molecule has 0 saturated heterocycles. The zero-order valence-corrected chi connectivity index (χ0v) is 18.5. The van der Waals surface area contributed by atoms with E-state index in [-0.39, 0.29) is 41.4 Å². The molecule has 2 aromatic rings. The highest BCUT2D eigenvalue weighted by Gasteiger charge is 2.19. The predicted molar refractivity (Wildman–Crippen MR) is 113 cm³/mol. The number of carbonyl (C=O) groups is 1. The Morgan fingerprint density at radius 1 is 1.03 bits per heavy atom. The molecule has 2 rings (SSSR count). The molecule has 0 aliphatic heterocycles. The van der Waals surface area contributed by atoms with Crippen LogP contribution in [-0.4, -0.2) is 32.1 Å². The average molecular weight is 438 g/mol. The lowest BCUT2D eigenvalue weighted by molar-refractivity contribution is -0.133. The smallest absolute Gasteiger partial charge is 0.309 e. The number of benzene rings is 2. The predicted octanol–water partition coefficient (Wildman–Crippen LogP) is 4.14. The Morgan fingerprint density at radius 3 is 2.20 bits per heavy atom. The highest BCUT2D eigenvalue weighted by atomic mass is 32.2. The molecule has 0 N–H and O–H groups in total. The number of halogens is 1. The fraction of sp³-hybridized carbons (Fsp3) is 0.409. The molecule has 0 aliphatic rings. The minimum Gasteiger partial charge on any atom is -0.493 e. The second kappa shape index (κ2) is 10.4. The molecule has 0 heterocycles. The molecular formula is C22H28FNO5S. The maximum absolute atomic E-state index is 13.2. The van der Waals surface area contributed by atoms with Crippen LogP contribution in [-0.2, 0) is 28.0 Å². The van der Waals surface area contributed by atoms with Crippen LogP contribution in [0.1, 0.15) is 38.3 Å². The molecule has 0 aromatic heterocycles. The third-order valence-electron chi connectivity index (χ3n) is 4.39. The van der Waals surface area contributed by atoms with Crippen molar-refractivity contribution in [3.63, 3.8) is 0 Å². The summed E-state index contributed by atoms with van der Waals surface area (Å²) in [4.78, 5) is 14.5. The van der Waals surface area contributed by atoms with Crippen LogP contribution in [0.4, 0.5) is 4.39 Å². The van der Waals surface area contributed by atoms with Crippen LogP contribution in [0.15, 0.2) is 42.5 Å². The van der Waals surface area contributed by atoms with Crippen molar-refractivity contribution in [1.29, 1.82) is 0 Å². The minimum absolute atomic E-state index is 0.0474. The number of rotatable bonds is 10. The Bertz CT molecular complexity index is 958. The van der Waals surface area contributed by atoms with E-state index >= 15 is 0 Å². The van der Waals surface area contributed by atoms with E-state index in [9.17, 15) is 17.6 Å². The van der Waals surface area contributed by atoms with Gasteiger partial charge in [0.2, 0.25) is 5.91 Å². The third-order valence-corrected chi connectivity index (χ3v) is 5.53. The maximum Gasteiger partial charge on any atom is 0.309 e. The van der Waals surface area contributed by atoms with E-state index in [1.807, 2.05) is 13.8 Å². The van der Waals surface area contributed by atoms with Crippen LogP contribution in [0.2, 0.25) is 0 Å². The second-order valence-electron chi connectivity index (χ2n) is 7.39. The van der Waals surface area contributed by atoms with E-state index in [0.717, 1.165) is 5.56 Å². The van der Waals surface area contributed by atoms with Crippen LogP contribution in [0, 0.1) is 11.7 Å². The Morgan fingerprint density at radius 2 is 1.63 bits per heavy atom. The summed E-state index contributed by atoms with van der Waals surface area (Å²) in [5, 5.41) is 0. The zero-order chi connectivity index (χ0) is 22.3. The van der Waals surface area contributed by atoms with Gasteiger partial charge in [-0.1, -0.05) is 32.0 Å². The summed E-state index contributed by atoms with van der Waals surface area (Å²) in [6, 6.07) is 10.9. The first kappa shape index (κ1) is 23.7. The molecule has 30 heavy (non-hydrogen) atoms. The molecule has 0 unspecified atom stereocenters. The fourth-order valence-electron chi connectivity index (χ4n) is 2.82. The van der Waals surface area contributed by atoms with Gasteiger partial charge in [0.15, 0.2) is 11.5 Å². The molecule has 0 spiro atoms. The van der Waals surface area contributed by atoms with E-state index in [0.29, 0.717) is 18.5 Å². The quantitative estimate of drug-likeness (QED) is 0.523. The van der Waals surface area contributed by atoms with Gasteiger partial charge in [0.05, 0.1) is 12.9 Å². The van der Waals surface area contributed by atoms with Gasteiger partial charge in [-0.3, -0.25) is 4.79 Å². The Kier molecular flexibility index (Phi) is 8.23. The first-order chi connectivity index (χ1) is 14.1. The van der Waals surface area contributed by atoms with Crippen molar-refractivity contribution in [2.45, 2.75) is 40.3 Å². The summed E-state index contributed by atoms with van der Waals surface area (Å²) < 4.78 is 47.4. The van der Waals surface area contributed by atoms with Gasteiger partial charge in [0.25, 0.3) is 0 Å². The standard InChI is InChI=1S/C22H28FNO5S/c1-5-30(26,27)29-21-13-18(8-11-20(21)28-4)15-24(22(25)12-16(2)3)14-17-6-9-19(23)10-7-17/h6-11,13,16H,5,12,14-15H2,1-4H3. The number of hydrogen-bond acceptors (Lipinski definition) is 5. The summed E-state index contributed by atoms with van der Waals surface area (Å²) in [5.41, 5.74) is 1.49. The number of methoxy groups -OCH3 is 1. The fourth-order valence-corrected chi connectivity index (χ4v) is 3.34. The van der Waals surface area contributed by atoms with Crippen molar-refractivity contribution < 1.29 is 26.5 Å². The lowest BCUT2D eigenvalue weighted by Gasteiger charge is -2.24. The monoisotopic (exact) mass is 437 g/mol. The minimum atomic E-state index is -3.73. The number of hydrogen-bond donors (Lipinski definition) is 0. The third kappa shape index (κ3) is 7.02. The summed E-state index contributed by atoms with van der Waals surface area (Å²) >= 11 is 0. The van der Waals surface area contributed by atoms with Crippen LogP contribution >= 0.6 is 0 Å². The Hall–Kier alpha value is -2.61. The molecule has 0 saturated carbocycles. The summed E-state index contributed by atoms with van der Waals surface area (Å²) in [6.45, 7) is 5.96.